The maximum atomic E-state index is 13.2. The first-order valence-corrected chi connectivity index (χ1v) is 7.95. The second-order valence-electron chi connectivity index (χ2n) is 5.87. The smallest absolute Gasteiger partial charge is 0.337 e. The lowest BCUT2D eigenvalue weighted by atomic mass is 10.0. The molecule has 3 aromatic carbocycles. The number of hydrogen-bond donors (Lipinski definition) is 2. The second-order valence-corrected chi connectivity index (χ2v) is 5.87. The maximum absolute atomic E-state index is 13.2. The van der Waals surface area contributed by atoms with Crippen LogP contribution in [0.25, 0.3) is 16.3 Å². The quantitative estimate of drug-likeness (QED) is 0.670. The van der Waals surface area contributed by atoms with Gasteiger partial charge < -0.3 is 10.4 Å². The highest BCUT2D eigenvalue weighted by Gasteiger charge is 2.13. The number of nitrogens with one attached hydrogen (secondary N) is 1. The second kappa shape index (κ2) is 7.19. The lowest BCUT2D eigenvalue weighted by Crippen LogP contribution is -2.12. The Morgan fingerprint density at radius 1 is 1.00 bits per heavy atom. The van der Waals surface area contributed by atoms with Gasteiger partial charge in [-0.1, -0.05) is 36.4 Å². The molecule has 0 aliphatic rings. The number of carboxylic acids is 1. The molecule has 0 aliphatic heterocycles. The number of carbonyl (C=O) groups excluding carboxylic acids is 1. The summed E-state index contributed by atoms with van der Waals surface area (Å²) in [5.74, 6) is -2.47. The Bertz CT molecular complexity index is 1040. The van der Waals surface area contributed by atoms with Crippen LogP contribution < -0.4 is 5.32 Å². The zero-order valence-electron chi connectivity index (χ0n) is 14.0. The van der Waals surface area contributed by atoms with Gasteiger partial charge in [-0.05, 0) is 53.1 Å². The number of amides is 1. The van der Waals surface area contributed by atoms with Gasteiger partial charge in [-0.2, -0.15) is 0 Å². The number of carboxylic acid groups (broad SMARTS) is 1. The Balaban J connectivity index is 1.85. The highest BCUT2D eigenvalue weighted by Crippen LogP contribution is 2.22. The molecule has 3 aromatic rings. The van der Waals surface area contributed by atoms with Gasteiger partial charge in [-0.3, -0.25) is 4.79 Å². The molecule has 0 saturated heterocycles. The largest absolute Gasteiger partial charge is 0.478 e. The molecule has 0 radical (unpaired) electrons. The average Bonchev–Trinajstić information content (AvgIpc) is 2.62. The predicted octanol–water partition coefficient (Wildman–Crippen LogP) is 4.72. The van der Waals surface area contributed by atoms with Gasteiger partial charge in [0.05, 0.1) is 11.3 Å². The van der Waals surface area contributed by atoms with Crippen molar-refractivity contribution in [3.8, 4) is 0 Å². The Kier molecular flexibility index (Phi) is 4.80. The van der Waals surface area contributed by atoms with E-state index in [9.17, 15) is 14.0 Å². The van der Waals surface area contributed by atoms with E-state index in [-0.39, 0.29) is 11.3 Å². The average molecular weight is 349 g/mol. The van der Waals surface area contributed by atoms with Crippen LogP contribution in [-0.2, 0) is 4.79 Å². The fraction of sp³-hybridized carbons (Fsp3) is 0.0476. The number of anilines is 1. The van der Waals surface area contributed by atoms with E-state index in [1.165, 1.54) is 12.1 Å². The Labute approximate surface area is 149 Å². The third-order valence-corrected chi connectivity index (χ3v) is 4.02. The van der Waals surface area contributed by atoms with E-state index in [1.54, 1.807) is 6.92 Å². The molecule has 0 heterocycles. The molecular formula is C21H16FNO3. The van der Waals surface area contributed by atoms with Crippen LogP contribution in [0, 0.1) is 5.82 Å². The third-order valence-electron chi connectivity index (χ3n) is 4.02. The fourth-order valence-corrected chi connectivity index (χ4v) is 2.69. The molecule has 0 aliphatic carbocycles. The molecule has 130 valence electrons. The molecule has 0 bridgehead atoms. The molecule has 0 saturated carbocycles. The number of carbonyl (C=O) groups is 2. The number of allylic oxidation sites excluding steroid dienone is 1. The van der Waals surface area contributed by atoms with Crippen LogP contribution in [0.3, 0.4) is 0 Å². The summed E-state index contributed by atoms with van der Waals surface area (Å²) in [6.07, 6.45) is 1.39. The zero-order chi connectivity index (χ0) is 18.7. The topological polar surface area (TPSA) is 66.4 Å². The predicted molar refractivity (Wildman–Crippen MR) is 99.6 cm³/mol. The number of fused-ring (bicyclic) bond motifs is 1. The monoisotopic (exact) mass is 349 g/mol. The van der Waals surface area contributed by atoms with E-state index in [2.05, 4.69) is 5.32 Å². The summed E-state index contributed by atoms with van der Waals surface area (Å²) in [6, 6.07) is 17.0. The third kappa shape index (κ3) is 3.78. The summed E-state index contributed by atoms with van der Waals surface area (Å²) < 4.78 is 13.2. The van der Waals surface area contributed by atoms with Crippen molar-refractivity contribution in [2.24, 2.45) is 0 Å². The number of rotatable bonds is 4. The van der Waals surface area contributed by atoms with Crippen molar-refractivity contribution in [3.05, 3.63) is 83.7 Å². The lowest BCUT2D eigenvalue weighted by molar-refractivity contribution is -0.111. The lowest BCUT2D eigenvalue weighted by Gasteiger charge is -2.08. The molecule has 26 heavy (non-hydrogen) atoms. The SMILES string of the molecule is CC(=CC(=O)Nc1ccc(F)cc1C(=O)O)c1ccc2ccccc2c1. The highest BCUT2D eigenvalue weighted by molar-refractivity contribution is 6.07. The Hall–Kier alpha value is -3.47. The van der Waals surface area contributed by atoms with Crippen molar-refractivity contribution in [1.29, 1.82) is 0 Å². The van der Waals surface area contributed by atoms with Gasteiger partial charge in [0.25, 0.3) is 0 Å². The van der Waals surface area contributed by atoms with Crippen LogP contribution in [0.15, 0.2) is 66.7 Å². The molecule has 0 atom stereocenters. The summed E-state index contributed by atoms with van der Waals surface area (Å²) in [5.41, 5.74) is 1.37. The molecule has 1 amide bonds. The summed E-state index contributed by atoms with van der Waals surface area (Å²) in [5, 5.41) is 13.8. The first-order valence-electron chi connectivity index (χ1n) is 7.95. The van der Waals surface area contributed by atoms with Gasteiger partial charge in [-0.15, -0.1) is 0 Å². The molecule has 3 rings (SSSR count). The van der Waals surface area contributed by atoms with Crippen LogP contribution in [0.4, 0.5) is 10.1 Å². The van der Waals surface area contributed by atoms with E-state index in [0.717, 1.165) is 34.0 Å². The minimum Gasteiger partial charge on any atom is -0.478 e. The Morgan fingerprint density at radius 3 is 2.46 bits per heavy atom. The van der Waals surface area contributed by atoms with Gasteiger partial charge in [0, 0.05) is 6.08 Å². The Morgan fingerprint density at radius 2 is 1.73 bits per heavy atom. The van der Waals surface area contributed by atoms with E-state index >= 15 is 0 Å². The van der Waals surface area contributed by atoms with E-state index in [1.807, 2.05) is 42.5 Å². The standard InChI is InChI=1S/C21H16FNO3/c1-13(15-7-6-14-4-2-3-5-16(14)11-15)10-20(24)23-19-9-8-17(22)12-18(19)21(25)26/h2-12H,1H3,(H,23,24)(H,25,26). The van der Waals surface area contributed by atoms with Crippen molar-refractivity contribution >= 4 is 33.9 Å². The summed E-state index contributed by atoms with van der Waals surface area (Å²) in [6.45, 7) is 1.80. The summed E-state index contributed by atoms with van der Waals surface area (Å²) in [4.78, 5) is 23.4. The van der Waals surface area contributed by atoms with Crippen molar-refractivity contribution in [2.75, 3.05) is 5.32 Å². The van der Waals surface area contributed by atoms with E-state index in [4.69, 9.17) is 5.11 Å². The van der Waals surface area contributed by atoms with Gasteiger partial charge in [0.2, 0.25) is 5.91 Å². The first kappa shape index (κ1) is 17.4. The molecule has 5 heteroatoms. The number of halogens is 1. The van der Waals surface area contributed by atoms with E-state index < -0.39 is 17.7 Å². The molecule has 4 nitrogen and oxygen atoms in total. The van der Waals surface area contributed by atoms with Crippen LogP contribution in [-0.4, -0.2) is 17.0 Å². The van der Waals surface area contributed by atoms with Crippen LogP contribution >= 0.6 is 0 Å². The minimum atomic E-state index is -1.31. The van der Waals surface area contributed by atoms with Crippen molar-refractivity contribution in [2.45, 2.75) is 6.92 Å². The summed E-state index contributed by atoms with van der Waals surface area (Å²) in [7, 11) is 0. The number of hydrogen-bond acceptors (Lipinski definition) is 2. The van der Waals surface area contributed by atoms with Crippen LogP contribution in [0.5, 0.6) is 0 Å². The van der Waals surface area contributed by atoms with Gasteiger partial charge in [0.1, 0.15) is 5.82 Å². The molecule has 0 spiro atoms. The van der Waals surface area contributed by atoms with Gasteiger partial charge in [-0.25, -0.2) is 9.18 Å². The molecule has 0 unspecified atom stereocenters. The van der Waals surface area contributed by atoms with Gasteiger partial charge >= 0.3 is 5.97 Å². The minimum absolute atomic E-state index is 0.0476. The highest BCUT2D eigenvalue weighted by atomic mass is 19.1. The number of benzene rings is 3. The zero-order valence-corrected chi connectivity index (χ0v) is 14.0. The van der Waals surface area contributed by atoms with Gasteiger partial charge in [0.15, 0.2) is 0 Å². The van der Waals surface area contributed by atoms with Crippen molar-refractivity contribution < 1.29 is 19.1 Å². The molecule has 0 fully saturated rings. The van der Waals surface area contributed by atoms with Crippen LogP contribution in [0.2, 0.25) is 0 Å². The molecule has 2 N–H and O–H groups in total. The van der Waals surface area contributed by atoms with Crippen LogP contribution in [0.1, 0.15) is 22.8 Å². The molecule has 0 aromatic heterocycles. The summed E-state index contributed by atoms with van der Waals surface area (Å²) >= 11 is 0. The first-order chi connectivity index (χ1) is 12.4. The normalized spacial score (nSPS) is 11.4. The van der Waals surface area contributed by atoms with E-state index in [0.29, 0.717) is 0 Å². The van der Waals surface area contributed by atoms with Crippen molar-refractivity contribution in [1.82, 2.24) is 0 Å². The maximum Gasteiger partial charge on any atom is 0.337 e. The number of aromatic carboxylic acids is 1. The molecular weight excluding hydrogens is 333 g/mol. The van der Waals surface area contributed by atoms with Crippen molar-refractivity contribution in [3.63, 3.8) is 0 Å². The fourth-order valence-electron chi connectivity index (χ4n) is 2.69.